The third-order valence-electron chi connectivity index (χ3n) is 3.38. The van der Waals surface area contributed by atoms with Gasteiger partial charge in [-0.3, -0.25) is 4.79 Å². The third kappa shape index (κ3) is 3.25. The van der Waals surface area contributed by atoms with E-state index in [2.05, 4.69) is 0 Å². The minimum Gasteiger partial charge on any atom is -0.497 e. The highest BCUT2D eigenvalue weighted by molar-refractivity contribution is 6.00. The van der Waals surface area contributed by atoms with E-state index in [9.17, 15) is 4.79 Å². The van der Waals surface area contributed by atoms with Gasteiger partial charge in [0.2, 0.25) is 0 Å². The number of nitrogens with two attached hydrogens (primary N) is 1. The summed E-state index contributed by atoms with van der Waals surface area (Å²) in [6, 6.07) is 10.3. The first kappa shape index (κ1) is 15.6. The van der Waals surface area contributed by atoms with Crippen molar-refractivity contribution < 1.29 is 14.3 Å². The van der Waals surface area contributed by atoms with Crippen molar-refractivity contribution in [3.63, 3.8) is 0 Å². The fourth-order valence-electron chi connectivity index (χ4n) is 2.18. The molecule has 2 aromatic rings. The van der Waals surface area contributed by atoms with Crippen LogP contribution in [0.25, 0.3) is 0 Å². The lowest BCUT2D eigenvalue weighted by Gasteiger charge is -2.10. The van der Waals surface area contributed by atoms with Gasteiger partial charge in [0.25, 0.3) is 0 Å². The van der Waals surface area contributed by atoms with Gasteiger partial charge < -0.3 is 20.6 Å². The number of Topliss-reactive ketones (excluding diaryl/α,β-unsaturated/α-hetero) is 1. The Labute approximate surface area is 129 Å². The number of nitrogens with one attached hydrogen (secondary N) is 1. The number of hydrogen-bond acceptors (Lipinski definition) is 5. The summed E-state index contributed by atoms with van der Waals surface area (Å²) in [4.78, 5) is 12.5. The highest BCUT2D eigenvalue weighted by Crippen LogP contribution is 2.25. The summed E-state index contributed by atoms with van der Waals surface area (Å²) in [5, 5.41) is 7.23. The molecule has 0 saturated heterocycles. The van der Waals surface area contributed by atoms with Gasteiger partial charge in [0.15, 0.2) is 5.78 Å². The van der Waals surface area contributed by atoms with Crippen molar-refractivity contribution in [2.45, 2.75) is 6.42 Å². The Kier molecular flexibility index (Phi) is 4.78. The summed E-state index contributed by atoms with van der Waals surface area (Å²) in [5.74, 6) is 1.02. The molecule has 2 aromatic carbocycles. The maximum absolute atomic E-state index is 12.5. The van der Waals surface area contributed by atoms with Gasteiger partial charge >= 0.3 is 0 Å². The van der Waals surface area contributed by atoms with Crippen molar-refractivity contribution in [3.8, 4) is 11.5 Å². The molecular weight excluding hydrogens is 280 g/mol. The molecule has 114 valence electrons. The van der Waals surface area contributed by atoms with Gasteiger partial charge in [0.1, 0.15) is 11.5 Å². The number of methoxy groups -OCH3 is 2. The van der Waals surface area contributed by atoms with Gasteiger partial charge in [0, 0.05) is 23.9 Å². The summed E-state index contributed by atoms with van der Waals surface area (Å²) in [6.07, 6.45) is 1.39. The van der Waals surface area contributed by atoms with E-state index in [0.717, 1.165) is 5.56 Å². The second kappa shape index (κ2) is 6.76. The molecule has 0 amide bonds. The fourth-order valence-corrected chi connectivity index (χ4v) is 2.18. The molecule has 22 heavy (non-hydrogen) atoms. The van der Waals surface area contributed by atoms with Crippen molar-refractivity contribution in [1.29, 1.82) is 5.41 Å². The zero-order chi connectivity index (χ0) is 16.1. The molecular formula is C17H18N2O3. The Hall–Kier alpha value is -2.82. The van der Waals surface area contributed by atoms with Crippen LogP contribution in [0.1, 0.15) is 21.5 Å². The molecule has 0 bridgehead atoms. The van der Waals surface area contributed by atoms with Crippen LogP contribution in [0, 0.1) is 5.41 Å². The number of hydrogen-bond donors (Lipinski definition) is 2. The zero-order valence-corrected chi connectivity index (χ0v) is 12.6. The van der Waals surface area contributed by atoms with Gasteiger partial charge in [-0.25, -0.2) is 0 Å². The normalized spacial score (nSPS) is 10.1. The van der Waals surface area contributed by atoms with Crippen molar-refractivity contribution in [3.05, 3.63) is 53.1 Å². The molecule has 0 aromatic heterocycles. The van der Waals surface area contributed by atoms with E-state index < -0.39 is 0 Å². The Morgan fingerprint density at radius 3 is 2.55 bits per heavy atom. The lowest BCUT2D eigenvalue weighted by Crippen LogP contribution is -2.07. The third-order valence-corrected chi connectivity index (χ3v) is 3.38. The smallest absolute Gasteiger partial charge is 0.171 e. The average Bonchev–Trinajstić information content (AvgIpc) is 2.54. The fraction of sp³-hybridized carbons (Fsp3) is 0.176. The summed E-state index contributed by atoms with van der Waals surface area (Å²) < 4.78 is 10.4. The molecule has 0 heterocycles. The summed E-state index contributed by atoms with van der Waals surface area (Å²) in [7, 11) is 3.07. The van der Waals surface area contributed by atoms with Gasteiger partial charge in [-0.15, -0.1) is 0 Å². The van der Waals surface area contributed by atoms with Gasteiger partial charge in [-0.1, -0.05) is 12.1 Å². The zero-order valence-electron chi connectivity index (χ0n) is 12.6. The molecule has 0 saturated carbocycles. The van der Waals surface area contributed by atoms with Crippen LogP contribution in [0.4, 0.5) is 5.69 Å². The number of rotatable bonds is 6. The molecule has 5 heteroatoms. The van der Waals surface area contributed by atoms with E-state index in [-0.39, 0.29) is 12.2 Å². The van der Waals surface area contributed by atoms with Crippen LogP contribution < -0.4 is 15.2 Å². The molecule has 0 fully saturated rings. The number of benzene rings is 2. The van der Waals surface area contributed by atoms with Gasteiger partial charge in [-0.05, 0) is 29.8 Å². The minimum absolute atomic E-state index is 0.0854. The predicted molar refractivity (Wildman–Crippen MR) is 86.3 cm³/mol. The van der Waals surface area contributed by atoms with E-state index in [0.29, 0.717) is 28.3 Å². The Bertz CT molecular complexity index is 711. The quantitative estimate of drug-likeness (QED) is 0.488. The van der Waals surface area contributed by atoms with Gasteiger partial charge in [0.05, 0.1) is 19.8 Å². The van der Waals surface area contributed by atoms with Crippen molar-refractivity contribution >= 4 is 17.7 Å². The first-order chi connectivity index (χ1) is 10.6. The van der Waals surface area contributed by atoms with E-state index in [4.69, 9.17) is 20.6 Å². The number of carbonyl (C=O) groups is 1. The lowest BCUT2D eigenvalue weighted by atomic mass is 10.00. The summed E-state index contributed by atoms with van der Waals surface area (Å²) >= 11 is 0. The van der Waals surface area contributed by atoms with E-state index >= 15 is 0 Å². The predicted octanol–water partition coefficient (Wildman–Crippen LogP) is 2.71. The topological polar surface area (TPSA) is 85.4 Å². The Balaban J connectivity index is 2.28. The second-order valence-electron chi connectivity index (χ2n) is 4.77. The number of nitrogen functional groups attached to an aromatic ring is 1. The minimum atomic E-state index is -0.0854. The molecule has 3 N–H and O–H groups in total. The number of carbonyl (C=O) groups excluding carboxylic acids is 1. The van der Waals surface area contributed by atoms with Crippen LogP contribution in [0.3, 0.4) is 0 Å². The molecule has 0 radical (unpaired) electrons. The summed E-state index contributed by atoms with van der Waals surface area (Å²) in [6.45, 7) is 0. The molecule has 0 aliphatic carbocycles. The van der Waals surface area contributed by atoms with Crippen LogP contribution in [0.15, 0.2) is 36.4 Å². The first-order valence-electron chi connectivity index (χ1n) is 6.73. The van der Waals surface area contributed by atoms with Crippen molar-refractivity contribution in [2.75, 3.05) is 20.0 Å². The largest absolute Gasteiger partial charge is 0.497 e. The highest BCUT2D eigenvalue weighted by Gasteiger charge is 2.14. The van der Waals surface area contributed by atoms with Crippen LogP contribution in [-0.2, 0) is 6.42 Å². The molecule has 2 rings (SSSR count). The van der Waals surface area contributed by atoms with Crippen molar-refractivity contribution in [2.24, 2.45) is 0 Å². The van der Waals surface area contributed by atoms with Crippen LogP contribution in [0.5, 0.6) is 11.5 Å². The van der Waals surface area contributed by atoms with Crippen molar-refractivity contribution in [1.82, 2.24) is 0 Å². The lowest BCUT2D eigenvalue weighted by molar-refractivity contribution is 0.0989. The second-order valence-corrected chi connectivity index (χ2v) is 4.77. The average molecular weight is 298 g/mol. The number of anilines is 1. The first-order valence-corrected chi connectivity index (χ1v) is 6.73. The molecule has 0 spiro atoms. The highest BCUT2D eigenvalue weighted by atomic mass is 16.5. The Morgan fingerprint density at radius 2 is 1.95 bits per heavy atom. The Morgan fingerprint density at radius 1 is 1.18 bits per heavy atom. The van der Waals surface area contributed by atoms with Crippen LogP contribution in [-0.4, -0.2) is 26.2 Å². The standard InChI is InChI=1S/C17H18N2O3/c1-21-13-5-6-17(22-2)14(9-13)16(20)8-11-3-4-12(10-18)15(19)7-11/h3-7,9-10,18H,8,19H2,1-2H3. The van der Waals surface area contributed by atoms with Gasteiger partial charge in [-0.2, -0.15) is 0 Å². The van der Waals surface area contributed by atoms with Crippen LogP contribution >= 0.6 is 0 Å². The van der Waals surface area contributed by atoms with E-state index in [1.165, 1.54) is 13.3 Å². The maximum Gasteiger partial charge on any atom is 0.171 e. The maximum atomic E-state index is 12.5. The molecule has 5 nitrogen and oxygen atoms in total. The molecule has 0 aliphatic heterocycles. The molecule has 0 unspecified atom stereocenters. The SMILES string of the molecule is COc1ccc(OC)c(C(=O)Cc2ccc(C=N)c(N)c2)c1. The van der Waals surface area contributed by atoms with Crippen LogP contribution in [0.2, 0.25) is 0 Å². The summed E-state index contributed by atoms with van der Waals surface area (Å²) in [5.41, 5.74) is 8.22. The molecule has 0 aliphatic rings. The van der Waals surface area contributed by atoms with E-state index in [1.54, 1.807) is 43.5 Å². The monoisotopic (exact) mass is 298 g/mol. The number of ketones is 1. The number of ether oxygens (including phenoxy) is 2. The molecule has 0 atom stereocenters. The van der Waals surface area contributed by atoms with E-state index in [1.807, 2.05) is 0 Å².